The van der Waals surface area contributed by atoms with Gasteiger partial charge in [-0.15, -0.1) is 0 Å². The Kier molecular flexibility index (Phi) is 4.02. The normalized spacial score (nSPS) is 11.5. The molecule has 1 rings (SSSR count). The average molecular weight is 321 g/mol. The fourth-order valence-corrected chi connectivity index (χ4v) is 2.18. The predicted molar refractivity (Wildman–Crippen MR) is 69.8 cm³/mol. The second-order valence-corrected chi connectivity index (χ2v) is 6.31. The van der Waals surface area contributed by atoms with Crippen LogP contribution in [0.25, 0.3) is 0 Å². The molecule has 0 saturated carbocycles. The SMILES string of the molecule is CC(C)(C)CNc1ccc(Br)cc1Br. The standard InChI is InChI=1S/C11H15Br2N/c1-11(2,3)7-14-10-5-4-8(12)6-9(10)13/h4-6,14H,7H2,1-3H3. The van der Waals surface area contributed by atoms with Crippen molar-refractivity contribution in [1.82, 2.24) is 0 Å². The average Bonchev–Trinajstić information content (AvgIpc) is 2.00. The van der Waals surface area contributed by atoms with Gasteiger partial charge in [-0.05, 0) is 39.5 Å². The van der Waals surface area contributed by atoms with Crippen molar-refractivity contribution in [1.29, 1.82) is 0 Å². The van der Waals surface area contributed by atoms with Gasteiger partial charge in [0.25, 0.3) is 0 Å². The Morgan fingerprint density at radius 1 is 1.21 bits per heavy atom. The maximum Gasteiger partial charge on any atom is 0.0485 e. The minimum absolute atomic E-state index is 0.298. The van der Waals surface area contributed by atoms with E-state index < -0.39 is 0 Å². The third kappa shape index (κ3) is 4.01. The minimum Gasteiger partial charge on any atom is -0.384 e. The van der Waals surface area contributed by atoms with E-state index in [1.54, 1.807) is 0 Å². The monoisotopic (exact) mass is 319 g/mol. The van der Waals surface area contributed by atoms with Crippen molar-refractivity contribution in [2.75, 3.05) is 11.9 Å². The predicted octanol–water partition coefficient (Wildman–Crippen LogP) is 4.67. The zero-order chi connectivity index (χ0) is 10.8. The molecule has 0 spiro atoms. The van der Waals surface area contributed by atoms with Gasteiger partial charge in [-0.2, -0.15) is 0 Å². The summed E-state index contributed by atoms with van der Waals surface area (Å²) in [5, 5.41) is 3.41. The first kappa shape index (κ1) is 12.1. The molecule has 0 fully saturated rings. The second-order valence-electron chi connectivity index (χ2n) is 4.54. The summed E-state index contributed by atoms with van der Waals surface area (Å²) in [6.45, 7) is 7.61. The van der Waals surface area contributed by atoms with E-state index >= 15 is 0 Å². The van der Waals surface area contributed by atoms with Gasteiger partial charge in [0.1, 0.15) is 0 Å². The Bertz CT molecular complexity index is 316. The topological polar surface area (TPSA) is 12.0 Å². The smallest absolute Gasteiger partial charge is 0.0485 e. The Morgan fingerprint density at radius 3 is 2.36 bits per heavy atom. The Labute approximate surface area is 103 Å². The number of hydrogen-bond acceptors (Lipinski definition) is 1. The lowest BCUT2D eigenvalue weighted by Crippen LogP contribution is -2.19. The van der Waals surface area contributed by atoms with E-state index in [1.807, 2.05) is 12.1 Å². The number of hydrogen-bond donors (Lipinski definition) is 1. The van der Waals surface area contributed by atoms with Crippen LogP contribution in [0.2, 0.25) is 0 Å². The van der Waals surface area contributed by atoms with Gasteiger partial charge in [-0.25, -0.2) is 0 Å². The lowest BCUT2D eigenvalue weighted by atomic mass is 9.97. The van der Waals surface area contributed by atoms with Crippen molar-refractivity contribution in [2.45, 2.75) is 20.8 Å². The molecule has 0 aliphatic heterocycles. The first-order valence-corrected chi connectivity index (χ1v) is 6.16. The van der Waals surface area contributed by atoms with Gasteiger partial charge in [-0.3, -0.25) is 0 Å². The van der Waals surface area contributed by atoms with Crippen LogP contribution in [-0.4, -0.2) is 6.54 Å². The first-order valence-electron chi connectivity index (χ1n) is 4.57. The van der Waals surface area contributed by atoms with Crippen LogP contribution in [0.15, 0.2) is 27.1 Å². The molecule has 0 aliphatic carbocycles. The van der Waals surface area contributed by atoms with E-state index in [2.05, 4.69) is 64.0 Å². The van der Waals surface area contributed by atoms with Crippen LogP contribution >= 0.6 is 31.9 Å². The summed E-state index contributed by atoms with van der Waals surface area (Å²) in [5.41, 5.74) is 1.44. The summed E-state index contributed by atoms with van der Waals surface area (Å²) < 4.78 is 2.18. The van der Waals surface area contributed by atoms with Gasteiger partial charge in [0.05, 0.1) is 0 Å². The van der Waals surface area contributed by atoms with E-state index in [9.17, 15) is 0 Å². The maximum atomic E-state index is 3.52. The van der Waals surface area contributed by atoms with Crippen molar-refractivity contribution < 1.29 is 0 Å². The molecule has 0 saturated heterocycles. The van der Waals surface area contributed by atoms with Gasteiger partial charge in [-0.1, -0.05) is 36.7 Å². The highest BCUT2D eigenvalue weighted by Gasteiger charge is 2.10. The maximum absolute atomic E-state index is 3.52. The third-order valence-electron chi connectivity index (χ3n) is 1.74. The molecule has 0 radical (unpaired) electrons. The number of nitrogens with one attached hydrogen (secondary N) is 1. The van der Waals surface area contributed by atoms with Crippen molar-refractivity contribution in [3.8, 4) is 0 Å². The molecule has 1 N–H and O–H groups in total. The molecule has 0 aromatic heterocycles. The van der Waals surface area contributed by atoms with Crippen molar-refractivity contribution in [3.63, 3.8) is 0 Å². The van der Waals surface area contributed by atoms with E-state index in [-0.39, 0.29) is 0 Å². The van der Waals surface area contributed by atoms with Gasteiger partial charge >= 0.3 is 0 Å². The summed E-state index contributed by atoms with van der Waals surface area (Å²) in [6, 6.07) is 6.15. The van der Waals surface area contributed by atoms with E-state index in [0.717, 1.165) is 21.2 Å². The Hall–Kier alpha value is -0.0200. The summed E-state index contributed by atoms with van der Waals surface area (Å²) in [6.07, 6.45) is 0. The highest BCUT2D eigenvalue weighted by atomic mass is 79.9. The lowest BCUT2D eigenvalue weighted by Gasteiger charge is -2.20. The first-order chi connectivity index (χ1) is 6.38. The fourth-order valence-electron chi connectivity index (χ4n) is 0.993. The summed E-state index contributed by atoms with van der Waals surface area (Å²) in [4.78, 5) is 0. The molecule has 1 aromatic rings. The molecule has 0 unspecified atom stereocenters. The molecular formula is C11H15Br2N. The van der Waals surface area contributed by atoms with Gasteiger partial charge in [0.15, 0.2) is 0 Å². The zero-order valence-electron chi connectivity index (χ0n) is 8.70. The number of anilines is 1. The van der Waals surface area contributed by atoms with Gasteiger partial charge in [0.2, 0.25) is 0 Å². The van der Waals surface area contributed by atoms with E-state index in [0.29, 0.717) is 5.41 Å². The van der Waals surface area contributed by atoms with Crippen molar-refractivity contribution in [3.05, 3.63) is 27.1 Å². The van der Waals surface area contributed by atoms with Crippen LogP contribution in [0.4, 0.5) is 5.69 Å². The Balaban J connectivity index is 2.68. The summed E-state index contributed by atoms with van der Waals surface area (Å²) in [5.74, 6) is 0. The van der Waals surface area contributed by atoms with Gasteiger partial charge < -0.3 is 5.32 Å². The van der Waals surface area contributed by atoms with Crippen molar-refractivity contribution in [2.24, 2.45) is 5.41 Å². The molecule has 0 aliphatic rings. The molecule has 0 heterocycles. The third-order valence-corrected chi connectivity index (χ3v) is 2.89. The highest BCUT2D eigenvalue weighted by molar-refractivity contribution is 9.11. The van der Waals surface area contributed by atoms with Gasteiger partial charge in [0, 0.05) is 21.2 Å². The molecule has 14 heavy (non-hydrogen) atoms. The van der Waals surface area contributed by atoms with Crippen LogP contribution in [-0.2, 0) is 0 Å². The molecule has 1 aromatic carbocycles. The number of rotatable bonds is 2. The molecule has 0 bridgehead atoms. The molecule has 1 nitrogen and oxygen atoms in total. The molecule has 78 valence electrons. The fraction of sp³-hybridized carbons (Fsp3) is 0.455. The lowest BCUT2D eigenvalue weighted by molar-refractivity contribution is 0.443. The minimum atomic E-state index is 0.298. The zero-order valence-corrected chi connectivity index (χ0v) is 11.9. The number of benzene rings is 1. The largest absolute Gasteiger partial charge is 0.384 e. The highest BCUT2D eigenvalue weighted by Crippen LogP contribution is 2.27. The summed E-state index contributed by atoms with van der Waals surface area (Å²) in [7, 11) is 0. The van der Waals surface area contributed by atoms with Crippen LogP contribution in [0.5, 0.6) is 0 Å². The summed E-state index contributed by atoms with van der Waals surface area (Å²) >= 11 is 6.95. The number of halogens is 2. The van der Waals surface area contributed by atoms with Crippen LogP contribution in [0, 0.1) is 5.41 Å². The molecule has 0 amide bonds. The van der Waals surface area contributed by atoms with E-state index in [1.165, 1.54) is 0 Å². The molecular weight excluding hydrogens is 306 g/mol. The second kappa shape index (κ2) is 4.67. The quantitative estimate of drug-likeness (QED) is 0.835. The van der Waals surface area contributed by atoms with Crippen LogP contribution < -0.4 is 5.32 Å². The molecule has 0 atom stereocenters. The molecule has 3 heteroatoms. The Morgan fingerprint density at radius 2 is 1.86 bits per heavy atom. The van der Waals surface area contributed by atoms with E-state index in [4.69, 9.17) is 0 Å². The van der Waals surface area contributed by atoms with Crippen molar-refractivity contribution >= 4 is 37.5 Å². The van der Waals surface area contributed by atoms with Crippen LogP contribution in [0.3, 0.4) is 0 Å². The van der Waals surface area contributed by atoms with Crippen LogP contribution in [0.1, 0.15) is 20.8 Å².